The second-order valence-electron chi connectivity index (χ2n) is 6.45. The van der Waals surface area contributed by atoms with Crippen molar-refractivity contribution in [1.29, 1.82) is 0 Å². The number of hydrogen-bond acceptors (Lipinski definition) is 2. The maximum atomic E-state index is 13.8. The van der Waals surface area contributed by atoms with E-state index in [2.05, 4.69) is 0 Å². The molecule has 0 bridgehead atoms. The fourth-order valence-electron chi connectivity index (χ4n) is 3.35. The molecule has 0 aliphatic heterocycles. The van der Waals surface area contributed by atoms with Crippen LogP contribution in [-0.2, 0) is 17.8 Å². The molecule has 0 spiro atoms. The maximum Gasteiger partial charge on any atom is 0.275 e. The molecule has 136 valence electrons. The molecule has 0 atom stereocenters. The van der Waals surface area contributed by atoms with Crippen LogP contribution in [0.4, 0.5) is 4.39 Å². The van der Waals surface area contributed by atoms with Crippen LogP contribution in [0, 0.1) is 5.82 Å². The highest BCUT2D eigenvalue weighted by atomic mass is 35.5. The Labute approximate surface area is 159 Å². The molecule has 2 aromatic carbocycles. The number of nitrogens with zero attached hydrogens (tertiary/aromatic N) is 2. The molecule has 0 fully saturated rings. The summed E-state index contributed by atoms with van der Waals surface area (Å²) >= 11 is 5.95. The van der Waals surface area contributed by atoms with Crippen molar-refractivity contribution >= 4 is 33.9 Å². The Hall–Kier alpha value is -2.92. The average molecular weight is 383 g/mol. The van der Waals surface area contributed by atoms with Gasteiger partial charge in [0.05, 0.1) is 11.0 Å². The fourth-order valence-corrected chi connectivity index (χ4v) is 3.56. The molecule has 0 N–H and O–H groups in total. The molecule has 4 nitrogen and oxygen atoms in total. The van der Waals surface area contributed by atoms with Crippen molar-refractivity contribution < 1.29 is 9.18 Å². The summed E-state index contributed by atoms with van der Waals surface area (Å²) in [4.78, 5) is 25.2. The van der Waals surface area contributed by atoms with Gasteiger partial charge in [-0.25, -0.2) is 4.39 Å². The lowest BCUT2D eigenvalue weighted by Crippen LogP contribution is -2.24. The van der Waals surface area contributed by atoms with E-state index >= 15 is 0 Å². The van der Waals surface area contributed by atoms with E-state index in [4.69, 9.17) is 11.6 Å². The summed E-state index contributed by atoms with van der Waals surface area (Å²) in [5.74, 6) is -0.434. The number of carbonyl (C=O) groups excluding carboxylic acids is 1. The van der Waals surface area contributed by atoms with Gasteiger partial charge in [0, 0.05) is 30.6 Å². The number of Topliss-reactive ketones (excluding diaryl/α,β-unsaturated/α-hetero) is 1. The molecule has 27 heavy (non-hydrogen) atoms. The summed E-state index contributed by atoms with van der Waals surface area (Å²) in [7, 11) is 0. The van der Waals surface area contributed by atoms with E-state index in [1.165, 1.54) is 16.7 Å². The van der Waals surface area contributed by atoms with E-state index in [1.54, 1.807) is 47.0 Å². The van der Waals surface area contributed by atoms with Crippen LogP contribution in [0.2, 0.25) is 5.02 Å². The lowest BCUT2D eigenvalue weighted by atomic mass is 10.1. The first-order valence-corrected chi connectivity index (χ1v) is 8.96. The predicted molar refractivity (Wildman–Crippen MR) is 104 cm³/mol. The Morgan fingerprint density at radius 1 is 1.00 bits per heavy atom. The first kappa shape index (κ1) is 17.5. The van der Waals surface area contributed by atoms with Crippen LogP contribution in [-0.4, -0.2) is 14.8 Å². The van der Waals surface area contributed by atoms with Crippen LogP contribution in [0.25, 0.3) is 16.6 Å². The van der Waals surface area contributed by atoms with Gasteiger partial charge in [-0.2, -0.15) is 0 Å². The number of ketones is 1. The molecule has 0 radical (unpaired) electrons. The van der Waals surface area contributed by atoms with Gasteiger partial charge in [0.25, 0.3) is 5.56 Å². The molecule has 2 heterocycles. The number of aryl methyl sites for hydroxylation is 1. The highest BCUT2D eigenvalue weighted by Gasteiger charge is 2.13. The number of rotatable bonds is 5. The Bertz CT molecular complexity index is 1230. The Morgan fingerprint density at radius 3 is 2.67 bits per heavy atom. The lowest BCUT2D eigenvalue weighted by Gasteiger charge is -2.12. The molecule has 0 saturated carbocycles. The van der Waals surface area contributed by atoms with Gasteiger partial charge in [0.15, 0.2) is 0 Å². The summed E-state index contributed by atoms with van der Waals surface area (Å²) in [6.07, 6.45) is 2.19. The van der Waals surface area contributed by atoms with Crippen LogP contribution in [0.1, 0.15) is 12.0 Å². The van der Waals surface area contributed by atoms with Crippen molar-refractivity contribution in [3.63, 3.8) is 0 Å². The molecule has 0 saturated heterocycles. The second kappa shape index (κ2) is 7.00. The van der Waals surface area contributed by atoms with Crippen molar-refractivity contribution in [2.75, 3.05) is 0 Å². The van der Waals surface area contributed by atoms with Crippen LogP contribution in [0.5, 0.6) is 0 Å². The van der Waals surface area contributed by atoms with Crippen molar-refractivity contribution in [2.45, 2.75) is 19.4 Å². The lowest BCUT2D eigenvalue weighted by molar-refractivity contribution is -0.118. The van der Waals surface area contributed by atoms with Gasteiger partial charge in [-0.3, -0.25) is 9.59 Å². The van der Waals surface area contributed by atoms with Gasteiger partial charge in [0.2, 0.25) is 0 Å². The molecule has 4 rings (SSSR count). The first-order valence-electron chi connectivity index (χ1n) is 8.58. The molecule has 6 heteroatoms. The van der Waals surface area contributed by atoms with Gasteiger partial charge >= 0.3 is 0 Å². The standard InChI is InChI=1S/C21H16ClFN2O2/c22-15-4-1-3-14(11-15)12-17(26)8-10-25-20-13-16(23)6-7-18(20)24-9-2-5-19(24)21(25)27/h1-7,9,11,13H,8,10,12H2. The summed E-state index contributed by atoms with van der Waals surface area (Å²) in [5, 5.41) is 0.580. The summed E-state index contributed by atoms with van der Waals surface area (Å²) < 4.78 is 17.0. The minimum atomic E-state index is -0.424. The van der Waals surface area contributed by atoms with E-state index in [0.717, 1.165) is 11.1 Å². The predicted octanol–water partition coefficient (Wildman–Crippen LogP) is 4.25. The zero-order chi connectivity index (χ0) is 19.0. The van der Waals surface area contributed by atoms with Crippen molar-refractivity contribution in [1.82, 2.24) is 8.97 Å². The maximum absolute atomic E-state index is 13.8. The van der Waals surface area contributed by atoms with Gasteiger partial charge in [-0.05, 0) is 48.0 Å². The number of aromatic nitrogens is 2. The normalized spacial score (nSPS) is 11.3. The van der Waals surface area contributed by atoms with E-state index in [0.29, 0.717) is 16.1 Å². The van der Waals surface area contributed by atoms with Crippen LogP contribution in [0.15, 0.2) is 65.6 Å². The van der Waals surface area contributed by atoms with E-state index in [-0.39, 0.29) is 30.7 Å². The molecule has 0 aliphatic carbocycles. The Kier molecular flexibility index (Phi) is 4.54. The van der Waals surface area contributed by atoms with Gasteiger partial charge in [-0.1, -0.05) is 23.7 Å². The van der Waals surface area contributed by atoms with Crippen molar-refractivity contribution in [3.05, 3.63) is 87.6 Å². The number of benzene rings is 2. The molecule has 0 unspecified atom stereocenters. The highest BCUT2D eigenvalue weighted by Crippen LogP contribution is 2.18. The zero-order valence-corrected chi connectivity index (χ0v) is 15.1. The zero-order valence-electron chi connectivity index (χ0n) is 14.4. The summed E-state index contributed by atoms with van der Waals surface area (Å²) in [6, 6.07) is 15.0. The minimum absolute atomic E-state index is 0.0102. The average Bonchev–Trinajstić information content (AvgIpc) is 3.11. The molecule has 0 aliphatic rings. The number of hydrogen-bond donors (Lipinski definition) is 0. The highest BCUT2D eigenvalue weighted by molar-refractivity contribution is 6.30. The molecule has 4 aromatic rings. The summed E-state index contributed by atoms with van der Waals surface area (Å²) in [5.41, 5.74) is 2.28. The van der Waals surface area contributed by atoms with Crippen molar-refractivity contribution in [2.24, 2.45) is 0 Å². The van der Waals surface area contributed by atoms with E-state index in [1.807, 2.05) is 6.07 Å². The van der Waals surface area contributed by atoms with Crippen LogP contribution < -0.4 is 5.56 Å². The number of halogens is 2. The topological polar surface area (TPSA) is 43.5 Å². The molecule has 0 amide bonds. The third kappa shape index (κ3) is 3.38. The summed E-state index contributed by atoms with van der Waals surface area (Å²) in [6.45, 7) is 0.194. The van der Waals surface area contributed by atoms with Gasteiger partial charge in [0.1, 0.15) is 17.1 Å². The SMILES string of the molecule is O=C(CCn1c(=O)c2cccn2c2ccc(F)cc21)Cc1cccc(Cl)c1. The Balaban J connectivity index is 1.66. The van der Waals surface area contributed by atoms with Gasteiger partial charge in [-0.15, -0.1) is 0 Å². The molecular formula is C21H16ClFN2O2. The number of fused-ring (bicyclic) bond motifs is 3. The third-order valence-electron chi connectivity index (χ3n) is 4.61. The monoisotopic (exact) mass is 382 g/mol. The van der Waals surface area contributed by atoms with Gasteiger partial charge < -0.3 is 8.97 Å². The Morgan fingerprint density at radius 2 is 1.85 bits per heavy atom. The van der Waals surface area contributed by atoms with E-state index in [9.17, 15) is 14.0 Å². The largest absolute Gasteiger partial charge is 0.310 e. The smallest absolute Gasteiger partial charge is 0.275 e. The fraction of sp³-hybridized carbons (Fsp3) is 0.143. The number of carbonyl (C=O) groups is 1. The molecular weight excluding hydrogens is 367 g/mol. The second-order valence-corrected chi connectivity index (χ2v) is 6.89. The quantitative estimate of drug-likeness (QED) is 0.518. The minimum Gasteiger partial charge on any atom is -0.310 e. The first-order chi connectivity index (χ1) is 13.0. The van der Waals surface area contributed by atoms with Crippen molar-refractivity contribution in [3.8, 4) is 0 Å². The molecule has 2 aromatic heterocycles. The van der Waals surface area contributed by atoms with E-state index < -0.39 is 5.82 Å². The van der Waals surface area contributed by atoms with Crippen LogP contribution >= 0.6 is 11.6 Å². The van der Waals surface area contributed by atoms with Crippen LogP contribution in [0.3, 0.4) is 0 Å². The third-order valence-corrected chi connectivity index (χ3v) is 4.84.